The first-order valence-corrected chi connectivity index (χ1v) is 15.1. The molecule has 5 rings (SSSR count). The lowest BCUT2D eigenvalue weighted by atomic mass is 9.81. The van der Waals surface area contributed by atoms with Crippen LogP contribution in [0.4, 0.5) is 0 Å². The van der Waals surface area contributed by atoms with Crippen LogP contribution in [0.5, 0.6) is 0 Å². The summed E-state index contributed by atoms with van der Waals surface area (Å²) >= 11 is 0. The van der Waals surface area contributed by atoms with E-state index in [-0.39, 0.29) is 30.4 Å². The van der Waals surface area contributed by atoms with Gasteiger partial charge in [0.2, 0.25) is 5.91 Å². The highest BCUT2D eigenvalue weighted by Gasteiger charge is 2.43. The summed E-state index contributed by atoms with van der Waals surface area (Å²) < 4.78 is 11.6. The monoisotopic (exact) mass is 591 g/mol. The first-order chi connectivity index (χ1) is 20.6. The summed E-state index contributed by atoms with van der Waals surface area (Å²) in [6, 6.07) is 7.80. The molecule has 3 N–H and O–H groups in total. The zero-order chi connectivity index (χ0) is 30.7. The maximum Gasteiger partial charge on any atom is 0.319 e. The minimum atomic E-state index is -1.11. The van der Waals surface area contributed by atoms with Gasteiger partial charge in [0, 0.05) is 18.5 Å². The van der Waals surface area contributed by atoms with Gasteiger partial charge in [0.1, 0.15) is 17.5 Å². The first kappa shape index (κ1) is 30.6. The third-order valence-electron chi connectivity index (χ3n) is 8.41. The number of rotatable bonds is 1. The van der Waals surface area contributed by atoms with Crippen molar-refractivity contribution in [1.29, 1.82) is 0 Å². The van der Waals surface area contributed by atoms with Gasteiger partial charge in [-0.3, -0.25) is 29.2 Å². The second kappa shape index (κ2) is 12.8. The van der Waals surface area contributed by atoms with E-state index in [1.165, 1.54) is 5.01 Å². The Kier molecular flexibility index (Phi) is 9.12. The summed E-state index contributed by atoms with van der Waals surface area (Å²) in [4.78, 5) is 58.5. The third kappa shape index (κ3) is 6.73. The van der Waals surface area contributed by atoms with Crippen molar-refractivity contribution in [3.63, 3.8) is 0 Å². The molecule has 5 atom stereocenters. The van der Waals surface area contributed by atoms with Gasteiger partial charge < -0.3 is 20.1 Å². The molecule has 230 valence electrons. The fourth-order valence-corrected chi connectivity index (χ4v) is 5.77. The van der Waals surface area contributed by atoms with Crippen molar-refractivity contribution in [3.05, 3.63) is 47.7 Å². The number of esters is 1. The van der Waals surface area contributed by atoms with E-state index in [9.17, 15) is 19.2 Å². The van der Waals surface area contributed by atoms with Crippen LogP contribution in [0.2, 0.25) is 0 Å². The van der Waals surface area contributed by atoms with Crippen molar-refractivity contribution in [2.75, 3.05) is 19.8 Å². The van der Waals surface area contributed by atoms with Gasteiger partial charge in [-0.15, -0.1) is 0 Å². The molecule has 4 heterocycles. The Morgan fingerprint density at radius 3 is 2.51 bits per heavy atom. The minimum absolute atomic E-state index is 0.138. The Bertz CT molecular complexity index is 1420. The van der Waals surface area contributed by atoms with E-state index in [2.05, 4.69) is 16.1 Å². The van der Waals surface area contributed by atoms with Crippen LogP contribution in [0, 0.1) is 11.3 Å². The molecule has 1 aromatic carbocycles. The number of amides is 3. The van der Waals surface area contributed by atoms with E-state index in [0.29, 0.717) is 44.5 Å². The number of benzene rings is 1. The SMILES string of the molecule is CC1NC(=O)C(C(C)C)OC(=O)C2(C=Cc3ccc4ccc(nc4c3)C(C)NC(=O)C3CCCN(N3)C1=O)CCCOC2. The summed E-state index contributed by atoms with van der Waals surface area (Å²) in [6.45, 7) is 8.11. The fourth-order valence-electron chi connectivity index (χ4n) is 5.77. The summed E-state index contributed by atoms with van der Waals surface area (Å²) in [7, 11) is 0. The standard InChI is InChI=1S/C32H41N5O6/c1-19(2)27-29(39)34-21(4)30(40)37-15-5-7-25(36-37)28(38)33-20(3)24-11-10-23-9-8-22(17-26(23)35-24)12-14-32(31(41)43-27)13-6-16-42-18-32/h8-12,14,17,19-21,25,27,36H,5-7,13,15-16,18H2,1-4H3,(H,33,38)(H,34,39). The quantitative estimate of drug-likeness (QED) is 0.431. The van der Waals surface area contributed by atoms with Gasteiger partial charge in [0.15, 0.2) is 6.10 Å². The Morgan fingerprint density at radius 2 is 1.77 bits per heavy atom. The number of nitrogens with one attached hydrogen (secondary N) is 3. The van der Waals surface area contributed by atoms with Crippen LogP contribution in [0.1, 0.15) is 70.7 Å². The average molecular weight is 592 g/mol. The summed E-state index contributed by atoms with van der Waals surface area (Å²) in [5, 5.41) is 8.08. The van der Waals surface area contributed by atoms with Crippen LogP contribution >= 0.6 is 0 Å². The Labute approximate surface area is 251 Å². The largest absolute Gasteiger partial charge is 0.451 e. The molecular weight excluding hydrogens is 550 g/mol. The second-order valence-electron chi connectivity index (χ2n) is 12.2. The van der Waals surface area contributed by atoms with Gasteiger partial charge in [-0.05, 0) is 63.1 Å². The zero-order valence-corrected chi connectivity index (χ0v) is 25.2. The maximum absolute atomic E-state index is 13.8. The molecule has 5 unspecified atom stereocenters. The number of ether oxygens (including phenoxy) is 2. The highest BCUT2D eigenvalue weighted by molar-refractivity contribution is 5.92. The molecule has 5 bridgehead atoms. The van der Waals surface area contributed by atoms with Crippen molar-refractivity contribution in [2.45, 2.75) is 77.6 Å². The lowest BCUT2D eigenvalue weighted by Gasteiger charge is -2.36. The van der Waals surface area contributed by atoms with E-state index in [1.807, 2.05) is 49.4 Å². The number of fused-ring (bicyclic) bond motifs is 4. The number of carbonyl (C=O) groups is 4. The van der Waals surface area contributed by atoms with Crippen molar-refractivity contribution in [2.24, 2.45) is 11.3 Å². The Hall–Kier alpha value is -3.83. The van der Waals surface area contributed by atoms with Gasteiger partial charge in [-0.2, -0.15) is 0 Å². The summed E-state index contributed by atoms with van der Waals surface area (Å²) in [5.41, 5.74) is 4.26. The second-order valence-corrected chi connectivity index (χ2v) is 12.2. The number of hydrazine groups is 1. The van der Waals surface area contributed by atoms with Crippen LogP contribution in [-0.2, 0) is 28.7 Å². The van der Waals surface area contributed by atoms with Gasteiger partial charge in [0.05, 0.1) is 23.9 Å². The van der Waals surface area contributed by atoms with Crippen LogP contribution in [-0.4, -0.2) is 71.6 Å². The topological polar surface area (TPSA) is 139 Å². The molecule has 1 aromatic heterocycles. The molecular formula is C32H41N5O6. The molecule has 2 aromatic rings. The van der Waals surface area contributed by atoms with Crippen molar-refractivity contribution in [3.8, 4) is 0 Å². The maximum atomic E-state index is 13.8. The molecule has 2 fully saturated rings. The van der Waals surface area contributed by atoms with Crippen molar-refractivity contribution < 1.29 is 28.7 Å². The molecule has 11 nitrogen and oxygen atoms in total. The van der Waals surface area contributed by atoms with Gasteiger partial charge in [0.25, 0.3) is 11.8 Å². The molecule has 43 heavy (non-hydrogen) atoms. The molecule has 2 saturated heterocycles. The number of pyridine rings is 1. The number of nitrogens with zero attached hydrogens (tertiary/aromatic N) is 2. The van der Waals surface area contributed by atoms with Crippen LogP contribution in [0.25, 0.3) is 17.0 Å². The normalized spacial score (nSPS) is 29.5. The van der Waals surface area contributed by atoms with E-state index >= 15 is 0 Å². The lowest BCUT2D eigenvalue weighted by molar-refractivity contribution is -0.171. The molecule has 0 aliphatic carbocycles. The minimum Gasteiger partial charge on any atom is -0.451 e. The molecule has 0 saturated carbocycles. The summed E-state index contributed by atoms with van der Waals surface area (Å²) in [5.74, 6) is -2.06. The van der Waals surface area contributed by atoms with Gasteiger partial charge in [-0.25, -0.2) is 5.43 Å². The number of hydrogen-bond acceptors (Lipinski definition) is 8. The van der Waals surface area contributed by atoms with Crippen LogP contribution < -0.4 is 16.1 Å². The van der Waals surface area contributed by atoms with Crippen molar-refractivity contribution in [1.82, 2.24) is 26.1 Å². The lowest BCUT2D eigenvalue weighted by Crippen LogP contribution is -2.61. The number of carbonyl (C=O) groups excluding carboxylic acids is 4. The van der Waals surface area contributed by atoms with Gasteiger partial charge in [-0.1, -0.05) is 44.2 Å². The summed E-state index contributed by atoms with van der Waals surface area (Å²) in [6.07, 6.45) is 4.92. The highest BCUT2D eigenvalue weighted by atomic mass is 16.6. The fraction of sp³-hybridized carbons (Fsp3) is 0.531. The Morgan fingerprint density at radius 1 is 1.00 bits per heavy atom. The molecule has 1 spiro atoms. The van der Waals surface area contributed by atoms with E-state index in [4.69, 9.17) is 14.5 Å². The van der Waals surface area contributed by atoms with Gasteiger partial charge >= 0.3 is 5.97 Å². The molecule has 3 aliphatic heterocycles. The molecule has 3 amide bonds. The van der Waals surface area contributed by atoms with Crippen molar-refractivity contribution >= 4 is 40.7 Å². The van der Waals surface area contributed by atoms with E-state index < -0.39 is 35.5 Å². The highest BCUT2D eigenvalue weighted by Crippen LogP contribution is 2.34. The number of hydrogen-bond donors (Lipinski definition) is 3. The Balaban J connectivity index is 1.53. The number of cyclic esters (lactones) is 1. The van der Waals surface area contributed by atoms with E-state index in [0.717, 1.165) is 16.5 Å². The smallest absolute Gasteiger partial charge is 0.319 e. The number of aromatic nitrogens is 1. The first-order valence-electron chi connectivity index (χ1n) is 15.1. The predicted molar refractivity (Wildman–Crippen MR) is 160 cm³/mol. The molecule has 0 radical (unpaired) electrons. The third-order valence-corrected chi connectivity index (χ3v) is 8.41. The average Bonchev–Trinajstić information content (AvgIpc) is 3.01. The molecule has 3 aliphatic rings. The zero-order valence-electron chi connectivity index (χ0n) is 25.2. The van der Waals surface area contributed by atoms with Crippen LogP contribution in [0.3, 0.4) is 0 Å². The van der Waals surface area contributed by atoms with Crippen LogP contribution in [0.15, 0.2) is 36.4 Å². The van der Waals surface area contributed by atoms with E-state index in [1.54, 1.807) is 20.8 Å². The predicted octanol–water partition coefficient (Wildman–Crippen LogP) is 2.80. The molecule has 11 heteroatoms.